The molecule has 10 heteroatoms. The Kier molecular flexibility index (Phi) is 12.7. The number of benzene rings is 1. The summed E-state index contributed by atoms with van der Waals surface area (Å²) in [5.41, 5.74) is 1.93. The second-order valence-electron chi connectivity index (χ2n) is 7.70. The van der Waals surface area contributed by atoms with E-state index in [0.29, 0.717) is 34.2 Å². The zero-order valence-corrected chi connectivity index (χ0v) is 20.8. The molecule has 0 saturated heterocycles. The number of esters is 1. The molecule has 35 heavy (non-hydrogen) atoms. The predicted molar refractivity (Wildman–Crippen MR) is 126 cm³/mol. The van der Waals surface area contributed by atoms with Crippen molar-refractivity contribution in [3.05, 3.63) is 65.0 Å². The molecular formula is C25H31ClF2NO6+. The van der Waals surface area contributed by atoms with Crippen molar-refractivity contribution in [3.63, 3.8) is 0 Å². The number of hydrogen-bond acceptors (Lipinski definition) is 6. The van der Waals surface area contributed by atoms with Crippen LogP contribution >= 0.6 is 11.6 Å². The van der Waals surface area contributed by atoms with Gasteiger partial charge >= 0.3 is 12.6 Å². The topological polar surface area (TPSA) is 85.9 Å². The lowest BCUT2D eigenvalue weighted by Gasteiger charge is -2.21. The molecule has 1 aliphatic rings. The van der Waals surface area contributed by atoms with Gasteiger partial charge in [0.2, 0.25) is 12.4 Å². The van der Waals surface area contributed by atoms with Crippen LogP contribution < -0.4 is 14.2 Å². The smallest absolute Gasteiger partial charge is 0.387 e. The van der Waals surface area contributed by atoms with Crippen LogP contribution in [-0.4, -0.2) is 31.2 Å². The summed E-state index contributed by atoms with van der Waals surface area (Å²) in [4.78, 5) is 19.7. The molecule has 0 amide bonds. The van der Waals surface area contributed by atoms with Crippen LogP contribution in [0.2, 0.25) is 5.02 Å². The molecule has 1 atom stereocenters. The highest BCUT2D eigenvalue weighted by Crippen LogP contribution is 2.37. The molecular weight excluding hydrogens is 484 g/mol. The molecule has 0 spiro atoms. The van der Waals surface area contributed by atoms with E-state index in [2.05, 4.69) is 11.3 Å². The minimum Gasteiger partial charge on any atom is -0.489 e. The van der Waals surface area contributed by atoms with E-state index in [1.165, 1.54) is 25.4 Å². The van der Waals surface area contributed by atoms with Crippen LogP contribution in [0.3, 0.4) is 0 Å². The molecule has 1 heterocycles. The number of carbonyl (C=O) groups excluding carboxylic acids is 2. The first-order valence-electron chi connectivity index (χ1n) is 10.8. The lowest BCUT2D eigenvalue weighted by Crippen LogP contribution is -2.30. The van der Waals surface area contributed by atoms with E-state index in [0.717, 1.165) is 17.6 Å². The predicted octanol–water partition coefficient (Wildman–Crippen LogP) is 5.42. The molecule has 7 nitrogen and oxygen atoms in total. The van der Waals surface area contributed by atoms with Crippen LogP contribution in [0.25, 0.3) is 0 Å². The van der Waals surface area contributed by atoms with Crippen LogP contribution in [0, 0.1) is 12.8 Å². The molecule has 2 aromatic rings. The van der Waals surface area contributed by atoms with Crippen LogP contribution in [0.1, 0.15) is 49.5 Å². The van der Waals surface area contributed by atoms with Crippen LogP contribution in [0.5, 0.6) is 11.5 Å². The Morgan fingerprint density at radius 3 is 2.43 bits per heavy atom. The third-order valence-electron chi connectivity index (χ3n) is 4.76. The van der Waals surface area contributed by atoms with E-state index in [1.54, 1.807) is 25.1 Å². The van der Waals surface area contributed by atoms with Crippen molar-refractivity contribution in [2.24, 2.45) is 5.92 Å². The zero-order valence-electron chi connectivity index (χ0n) is 20.0. The fraction of sp³-hybridized carbons (Fsp3) is 0.400. The Morgan fingerprint density at radius 1 is 1.29 bits per heavy atom. The molecule has 0 radical (unpaired) electrons. The fourth-order valence-corrected chi connectivity index (χ4v) is 3.42. The van der Waals surface area contributed by atoms with E-state index in [1.807, 2.05) is 13.7 Å². The molecule has 192 valence electrons. The van der Waals surface area contributed by atoms with Crippen molar-refractivity contribution in [3.8, 4) is 11.5 Å². The number of allylic oxidation sites excluding steroid dienone is 1. The summed E-state index contributed by atoms with van der Waals surface area (Å²) in [5.74, 6) is -0.00397. The molecule has 1 saturated carbocycles. The number of alkyl halides is 2. The van der Waals surface area contributed by atoms with Gasteiger partial charge in [0, 0.05) is 23.6 Å². The minimum atomic E-state index is -2.99. The monoisotopic (exact) mass is 514 g/mol. The summed E-state index contributed by atoms with van der Waals surface area (Å²) in [6, 6.07) is 4.47. The SMILES string of the molecule is C=CC.C=O.CC(=O)OC(Cc1c(C)c[n+](O)cc1Cl)c1ccc(OC(F)F)c(OCC2CC2)c1. The second kappa shape index (κ2) is 14.9. The maximum atomic E-state index is 12.8. The van der Waals surface area contributed by atoms with Crippen molar-refractivity contribution in [2.45, 2.75) is 52.7 Å². The van der Waals surface area contributed by atoms with Crippen molar-refractivity contribution in [2.75, 3.05) is 6.61 Å². The summed E-state index contributed by atoms with van der Waals surface area (Å²) in [6.45, 7) is 7.72. The van der Waals surface area contributed by atoms with Gasteiger partial charge in [-0.05, 0) is 55.9 Å². The summed E-state index contributed by atoms with van der Waals surface area (Å²) in [6.07, 6.45) is 6.13. The number of halogens is 3. The highest BCUT2D eigenvalue weighted by molar-refractivity contribution is 6.31. The molecule has 1 N–H and O–H groups in total. The number of aryl methyl sites for hydroxylation is 1. The lowest BCUT2D eigenvalue weighted by molar-refractivity contribution is -0.905. The first-order valence-corrected chi connectivity index (χ1v) is 11.2. The molecule has 1 aromatic carbocycles. The Morgan fingerprint density at radius 2 is 1.91 bits per heavy atom. The van der Waals surface area contributed by atoms with Crippen molar-refractivity contribution in [1.82, 2.24) is 0 Å². The Hall–Kier alpha value is -3.20. The van der Waals surface area contributed by atoms with Crippen molar-refractivity contribution < 1.29 is 42.5 Å². The van der Waals surface area contributed by atoms with Gasteiger partial charge in [0.25, 0.3) is 0 Å². The van der Waals surface area contributed by atoms with Gasteiger partial charge in [0.1, 0.15) is 17.9 Å². The fourth-order valence-electron chi connectivity index (χ4n) is 3.09. The van der Waals surface area contributed by atoms with Crippen LogP contribution in [-0.2, 0) is 20.7 Å². The highest BCUT2D eigenvalue weighted by atomic mass is 35.5. The minimum absolute atomic E-state index is 0.0776. The van der Waals surface area contributed by atoms with Gasteiger partial charge in [-0.25, -0.2) is 0 Å². The third kappa shape index (κ3) is 10.3. The van der Waals surface area contributed by atoms with Crippen LogP contribution in [0.15, 0.2) is 43.2 Å². The number of ether oxygens (including phenoxy) is 3. The van der Waals surface area contributed by atoms with E-state index in [4.69, 9.17) is 25.9 Å². The van der Waals surface area contributed by atoms with E-state index < -0.39 is 18.7 Å². The molecule has 1 fully saturated rings. The van der Waals surface area contributed by atoms with E-state index in [9.17, 15) is 18.8 Å². The Labute approximate surface area is 208 Å². The average Bonchev–Trinajstić information content (AvgIpc) is 3.60. The number of nitrogens with zero attached hydrogens (tertiary/aromatic N) is 1. The maximum Gasteiger partial charge on any atom is 0.387 e. The standard InChI is InChI=1S/C21H23ClF2NO5.C3H6.CH2O/c1-12-9-25(27)10-17(22)16(12)8-19(29-13(2)26)15-5-6-18(30-21(23)24)20(7-15)28-11-14-3-4-14;1-3-2;1-2/h5-7,9-10,14,19,21,27H,3-4,8,11H2,1-2H3;3H,1H2,2H3;1H2/q+1;;. The first kappa shape index (κ1) is 29.8. The quantitative estimate of drug-likeness (QED) is 0.208. The normalized spacial score (nSPS) is 12.9. The maximum absolute atomic E-state index is 12.8. The van der Waals surface area contributed by atoms with Crippen molar-refractivity contribution >= 4 is 24.4 Å². The first-order chi connectivity index (χ1) is 16.6. The second-order valence-corrected chi connectivity index (χ2v) is 8.10. The molecule has 1 aromatic heterocycles. The van der Waals surface area contributed by atoms with Crippen molar-refractivity contribution in [1.29, 1.82) is 0 Å². The van der Waals surface area contributed by atoms with E-state index in [-0.39, 0.29) is 17.9 Å². The average molecular weight is 515 g/mol. The van der Waals surface area contributed by atoms with Gasteiger partial charge in [-0.2, -0.15) is 8.78 Å². The molecule has 1 aliphatic carbocycles. The summed E-state index contributed by atoms with van der Waals surface area (Å²) < 4.78 is 42.1. The summed E-state index contributed by atoms with van der Waals surface area (Å²) in [5, 5.41) is 9.92. The number of aromatic nitrogens is 1. The molecule has 1 unspecified atom stereocenters. The summed E-state index contributed by atoms with van der Waals surface area (Å²) in [7, 11) is 0. The zero-order chi connectivity index (χ0) is 26.5. The Balaban J connectivity index is 0.00000114. The largest absolute Gasteiger partial charge is 0.489 e. The highest BCUT2D eigenvalue weighted by Gasteiger charge is 2.25. The van der Waals surface area contributed by atoms with Gasteiger partial charge < -0.3 is 19.0 Å². The number of hydrogen-bond donors (Lipinski definition) is 1. The molecule has 0 aliphatic heterocycles. The molecule has 3 rings (SSSR count). The van der Waals surface area contributed by atoms with Gasteiger partial charge in [0.05, 0.1) is 6.61 Å². The van der Waals surface area contributed by atoms with Gasteiger partial charge in [0.15, 0.2) is 11.5 Å². The third-order valence-corrected chi connectivity index (χ3v) is 5.09. The lowest BCUT2D eigenvalue weighted by atomic mass is 9.98. The number of pyridine rings is 1. The van der Waals surface area contributed by atoms with Gasteiger partial charge in [-0.3, -0.25) is 10.0 Å². The number of carbonyl (C=O) groups is 2. The van der Waals surface area contributed by atoms with E-state index >= 15 is 0 Å². The summed E-state index contributed by atoms with van der Waals surface area (Å²) >= 11 is 6.26. The van der Waals surface area contributed by atoms with Gasteiger partial charge in [-0.15, -0.1) is 6.58 Å². The van der Waals surface area contributed by atoms with Gasteiger partial charge in [-0.1, -0.05) is 23.7 Å². The Bertz CT molecular complexity index is 961. The molecule has 0 bridgehead atoms. The van der Waals surface area contributed by atoms with Crippen LogP contribution in [0.4, 0.5) is 8.78 Å². The number of rotatable bonds is 9.